The van der Waals surface area contributed by atoms with E-state index in [0.29, 0.717) is 5.92 Å². The minimum absolute atomic E-state index is 0.682. The Morgan fingerprint density at radius 3 is 2.79 bits per heavy atom. The summed E-state index contributed by atoms with van der Waals surface area (Å²) in [7, 11) is 3.90. The molecule has 38 heavy (non-hydrogen) atoms. The number of aryl methyl sites for hydroxylation is 1. The highest BCUT2D eigenvalue weighted by molar-refractivity contribution is 7.98. The molecule has 3 aromatic rings. The monoisotopic (exact) mass is 539 g/mol. The molecule has 5 rings (SSSR count). The molecule has 1 aliphatic heterocycles. The highest BCUT2D eigenvalue weighted by Crippen LogP contribution is 2.37. The van der Waals surface area contributed by atoms with Crippen LogP contribution in [0.3, 0.4) is 0 Å². The number of piperazine rings is 1. The summed E-state index contributed by atoms with van der Waals surface area (Å²) in [6, 6.07) is 6.39. The van der Waals surface area contributed by atoms with Crippen LogP contribution in [-0.4, -0.2) is 85.2 Å². The number of methoxy groups -OCH3 is 1. The average Bonchev–Trinajstić information content (AvgIpc) is 3.31. The SMILES string of the molecule is COc1cc(N2CCN(C)CC2)ccc1Nc1ncnc2[nH]c3c(c12)CC(C)CC3.CSCCCNC=O. The van der Waals surface area contributed by atoms with E-state index in [2.05, 4.69) is 73.8 Å². The molecule has 1 saturated heterocycles. The van der Waals surface area contributed by atoms with Crippen molar-refractivity contribution >= 4 is 46.4 Å². The van der Waals surface area contributed by atoms with Gasteiger partial charge >= 0.3 is 0 Å². The first-order chi connectivity index (χ1) is 18.5. The number of nitrogens with zero attached hydrogens (tertiary/aromatic N) is 4. The molecule has 206 valence electrons. The number of aromatic amines is 1. The predicted octanol–water partition coefficient (Wildman–Crippen LogP) is 4.07. The number of fused-ring (bicyclic) bond motifs is 3. The maximum Gasteiger partial charge on any atom is 0.207 e. The summed E-state index contributed by atoms with van der Waals surface area (Å²) in [4.78, 5) is 27.0. The van der Waals surface area contributed by atoms with Crippen LogP contribution in [0, 0.1) is 5.92 Å². The van der Waals surface area contributed by atoms with Gasteiger partial charge in [0.25, 0.3) is 0 Å². The van der Waals surface area contributed by atoms with E-state index in [-0.39, 0.29) is 0 Å². The number of carbonyl (C=O) groups excluding carboxylic acids is 1. The fraction of sp³-hybridized carbons (Fsp3) is 0.536. The lowest BCUT2D eigenvalue weighted by Crippen LogP contribution is -2.44. The van der Waals surface area contributed by atoms with Crippen LogP contribution >= 0.6 is 11.8 Å². The van der Waals surface area contributed by atoms with Gasteiger partial charge in [-0.25, -0.2) is 9.97 Å². The maximum absolute atomic E-state index is 9.65. The number of aromatic nitrogens is 3. The highest BCUT2D eigenvalue weighted by Gasteiger charge is 2.23. The smallest absolute Gasteiger partial charge is 0.207 e. The second-order valence-electron chi connectivity index (χ2n) is 10.1. The van der Waals surface area contributed by atoms with Crippen molar-refractivity contribution in [2.24, 2.45) is 5.92 Å². The zero-order chi connectivity index (χ0) is 26.9. The van der Waals surface area contributed by atoms with E-state index in [0.717, 1.165) is 92.4 Å². The zero-order valence-corrected chi connectivity index (χ0v) is 23.9. The Morgan fingerprint density at radius 1 is 1.24 bits per heavy atom. The number of nitrogens with one attached hydrogen (secondary N) is 3. The molecule has 10 heteroatoms. The van der Waals surface area contributed by atoms with Crippen LogP contribution in [0.25, 0.3) is 11.0 Å². The van der Waals surface area contributed by atoms with Crippen molar-refractivity contribution in [1.82, 2.24) is 25.2 Å². The van der Waals surface area contributed by atoms with Gasteiger partial charge in [-0.05, 0) is 68.4 Å². The van der Waals surface area contributed by atoms with Crippen molar-refractivity contribution < 1.29 is 9.53 Å². The Bertz CT molecular complexity index is 1190. The largest absolute Gasteiger partial charge is 0.494 e. The van der Waals surface area contributed by atoms with Gasteiger partial charge in [-0.3, -0.25) is 4.79 Å². The van der Waals surface area contributed by atoms with E-state index < -0.39 is 0 Å². The minimum Gasteiger partial charge on any atom is -0.494 e. The predicted molar refractivity (Wildman–Crippen MR) is 158 cm³/mol. The molecule has 1 aliphatic carbocycles. The molecular weight excluding hydrogens is 498 g/mol. The standard InChI is InChI=1S/C23H30N6O.C5H11NOS/c1-15-4-6-18-17(12-15)21-22(26-18)24-14-25-23(21)27-19-7-5-16(13-20(19)30-3)29-10-8-28(2)9-11-29;1-8-4-2-3-6-5-7/h5,7,13-15H,4,6,8-12H2,1-3H3,(H2,24,25,26,27);5H,2-4H2,1H3,(H,6,7). The number of thioether (sulfide) groups is 1. The van der Waals surface area contributed by atoms with Crippen molar-refractivity contribution in [3.8, 4) is 5.75 Å². The van der Waals surface area contributed by atoms with E-state index in [1.54, 1.807) is 25.2 Å². The maximum atomic E-state index is 9.65. The third-order valence-electron chi connectivity index (χ3n) is 7.28. The van der Waals surface area contributed by atoms with Gasteiger partial charge < -0.3 is 30.2 Å². The summed E-state index contributed by atoms with van der Waals surface area (Å²) < 4.78 is 5.74. The van der Waals surface area contributed by atoms with Crippen LogP contribution < -0.4 is 20.3 Å². The topological polar surface area (TPSA) is 98.4 Å². The zero-order valence-electron chi connectivity index (χ0n) is 23.0. The lowest BCUT2D eigenvalue weighted by molar-refractivity contribution is -0.109. The van der Waals surface area contributed by atoms with E-state index in [4.69, 9.17) is 4.74 Å². The summed E-state index contributed by atoms with van der Waals surface area (Å²) in [5.41, 5.74) is 5.71. The Balaban J connectivity index is 0.000000368. The summed E-state index contributed by atoms with van der Waals surface area (Å²) in [5.74, 6) is 3.48. The lowest BCUT2D eigenvalue weighted by Gasteiger charge is -2.34. The second-order valence-corrected chi connectivity index (χ2v) is 11.1. The van der Waals surface area contributed by atoms with Gasteiger partial charge in [0.2, 0.25) is 6.41 Å². The van der Waals surface area contributed by atoms with Crippen LogP contribution in [0.1, 0.15) is 31.0 Å². The molecule has 2 aliphatic rings. The van der Waals surface area contributed by atoms with Crippen LogP contribution in [0.5, 0.6) is 5.75 Å². The summed E-state index contributed by atoms with van der Waals surface area (Å²) in [6.07, 6.45) is 8.85. The second kappa shape index (κ2) is 13.7. The van der Waals surface area contributed by atoms with Crippen LogP contribution in [0.2, 0.25) is 0 Å². The fourth-order valence-corrected chi connectivity index (χ4v) is 5.49. The number of benzene rings is 1. The van der Waals surface area contributed by atoms with Gasteiger partial charge in [0.15, 0.2) is 0 Å². The van der Waals surface area contributed by atoms with Gasteiger partial charge in [0.05, 0.1) is 18.2 Å². The molecule has 1 atom stereocenters. The number of hydrogen-bond acceptors (Lipinski definition) is 8. The Labute approximate surface area is 230 Å². The van der Waals surface area contributed by atoms with Crippen molar-refractivity contribution in [1.29, 1.82) is 0 Å². The summed E-state index contributed by atoms with van der Waals surface area (Å²) in [6.45, 7) is 7.36. The van der Waals surface area contributed by atoms with Gasteiger partial charge in [-0.15, -0.1) is 0 Å². The van der Waals surface area contributed by atoms with E-state index in [1.165, 1.54) is 23.4 Å². The third kappa shape index (κ3) is 6.91. The van der Waals surface area contributed by atoms with E-state index in [9.17, 15) is 4.79 Å². The van der Waals surface area contributed by atoms with Crippen molar-refractivity contribution in [3.05, 3.63) is 35.8 Å². The molecule has 3 heterocycles. The van der Waals surface area contributed by atoms with Gasteiger partial charge in [0, 0.05) is 50.2 Å². The van der Waals surface area contributed by atoms with Crippen LogP contribution in [-0.2, 0) is 17.6 Å². The molecule has 9 nitrogen and oxygen atoms in total. The highest BCUT2D eigenvalue weighted by atomic mass is 32.2. The number of ether oxygens (including phenoxy) is 1. The number of hydrogen-bond donors (Lipinski definition) is 3. The molecule has 2 aromatic heterocycles. The molecule has 0 spiro atoms. The molecule has 1 amide bonds. The molecule has 0 bridgehead atoms. The number of amides is 1. The Kier molecular flexibility index (Phi) is 10.1. The van der Waals surface area contributed by atoms with Crippen molar-refractivity contribution in [3.63, 3.8) is 0 Å². The molecule has 1 unspecified atom stereocenters. The van der Waals surface area contributed by atoms with E-state index >= 15 is 0 Å². The molecule has 0 saturated carbocycles. The molecule has 0 radical (unpaired) electrons. The number of likely N-dealkylation sites (N-methyl/N-ethyl adjacent to an activating group) is 1. The molecule has 1 aromatic carbocycles. The van der Waals surface area contributed by atoms with Crippen molar-refractivity contribution in [2.75, 3.05) is 69.1 Å². The lowest BCUT2D eigenvalue weighted by atomic mass is 9.88. The van der Waals surface area contributed by atoms with Crippen LogP contribution in [0.4, 0.5) is 17.2 Å². The first-order valence-electron chi connectivity index (χ1n) is 13.4. The molecule has 3 N–H and O–H groups in total. The van der Waals surface area contributed by atoms with Gasteiger partial charge in [-0.1, -0.05) is 6.92 Å². The van der Waals surface area contributed by atoms with E-state index in [1.807, 2.05) is 0 Å². The number of carbonyl (C=O) groups is 1. The first kappa shape index (κ1) is 28.0. The molecular formula is C28H41N7O2S. The van der Waals surface area contributed by atoms with Gasteiger partial charge in [0.1, 0.15) is 23.5 Å². The number of anilines is 3. The van der Waals surface area contributed by atoms with Crippen LogP contribution in [0.15, 0.2) is 24.5 Å². The Hall–Kier alpha value is -2.98. The first-order valence-corrected chi connectivity index (χ1v) is 14.8. The minimum atomic E-state index is 0.682. The number of rotatable bonds is 9. The average molecular weight is 540 g/mol. The number of H-pyrrole nitrogens is 1. The van der Waals surface area contributed by atoms with Gasteiger partial charge in [-0.2, -0.15) is 11.8 Å². The summed E-state index contributed by atoms with van der Waals surface area (Å²) in [5, 5.41) is 7.24. The quantitative estimate of drug-likeness (QED) is 0.277. The fourth-order valence-electron chi connectivity index (χ4n) is 5.06. The molecule has 1 fully saturated rings. The normalized spacial score (nSPS) is 17.4. The summed E-state index contributed by atoms with van der Waals surface area (Å²) >= 11 is 1.80. The van der Waals surface area contributed by atoms with Crippen molar-refractivity contribution in [2.45, 2.75) is 32.6 Å². The third-order valence-corrected chi connectivity index (χ3v) is 7.98. The Morgan fingerprint density at radius 2 is 2.05 bits per heavy atom.